The van der Waals surface area contributed by atoms with Crippen molar-refractivity contribution in [1.82, 2.24) is 0 Å². The second-order valence-corrected chi connectivity index (χ2v) is 5.65. The zero-order valence-corrected chi connectivity index (χ0v) is 11.1. The van der Waals surface area contributed by atoms with Crippen LogP contribution in [0.3, 0.4) is 0 Å². The van der Waals surface area contributed by atoms with Crippen LogP contribution in [0.2, 0.25) is 0 Å². The van der Waals surface area contributed by atoms with Crippen molar-refractivity contribution in [2.45, 2.75) is 44.6 Å². The van der Waals surface area contributed by atoms with Crippen molar-refractivity contribution < 1.29 is 4.39 Å². The van der Waals surface area contributed by atoms with Gasteiger partial charge in [-0.15, -0.1) is 0 Å². The standard InChI is InChI=1S/C13H17BrFN/c1-9-7-10(12(15)8-11(9)14)13(16)5-3-2-4-6-13/h7-8H,2-6,16H2,1H3. The van der Waals surface area contributed by atoms with E-state index in [4.69, 9.17) is 5.73 Å². The molecule has 3 heteroatoms. The maximum absolute atomic E-state index is 14.0. The molecule has 0 spiro atoms. The molecule has 2 N–H and O–H groups in total. The van der Waals surface area contributed by atoms with Crippen LogP contribution in [0.25, 0.3) is 0 Å². The molecule has 1 aromatic rings. The molecule has 0 aliphatic heterocycles. The largest absolute Gasteiger partial charge is 0.321 e. The fraction of sp³-hybridized carbons (Fsp3) is 0.538. The zero-order valence-electron chi connectivity index (χ0n) is 9.52. The first-order chi connectivity index (χ1) is 7.53. The van der Waals surface area contributed by atoms with Crippen LogP contribution >= 0.6 is 15.9 Å². The summed E-state index contributed by atoms with van der Waals surface area (Å²) in [6, 6.07) is 3.43. The van der Waals surface area contributed by atoms with Crippen molar-refractivity contribution in [2.75, 3.05) is 0 Å². The van der Waals surface area contributed by atoms with Crippen molar-refractivity contribution in [3.05, 3.63) is 33.5 Å². The van der Waals surface area contributed by atoms with Crippen LogP contribution in [0.5, 0.6) is 0 Å². The van der Waals surface area contributed by atoms with Gasteiger partial charge in [0.2, 0.25) is 0 Å². The molecule has 0 heterocycles. The van der Waals surface area contributed by atoms with E-state index in [-0.39, 0.29) is 5.82 Å². The second kappa shape index (κ2) is 4.46. The Hall–Kier alpha value is -0.410. The minimum Gasteiger partial charge on any atom is -0.321 e. The molecule has 1 nitrogen and oxygen atoms in total. The van der Waals surface area contributed by atoms with Crippen LogP contribution in [0.4, 0.5) is 4.39 Å². The molecule has 0 aromatic heterocycles. The fourth-order valence-electron chi connectivity index (χ4n) is 2.49. The summed E-state index contributed by atoms with van der Waals surface area (Å²) in [7, 11) is 0. The molecule has 1 saturated carbocycles. The lowest BCUT2D eigenvalue weighted by atomic mass is 9.77. The predicted molar refractivity (Wildman–Crippen MR) is 67.8 cm³/mol. The van der Waals surface area contributed by atoms with Gasteiger partial charge in [0.15, 0.2) is 0 Å². The van der Waals surface area contributed by atoms with E-state index in [2.05, 4.69) is 15.9 Å². The van der Waals surface area contributed by atoms with Crippen LogP contribution in [-0.4, -0.2) is 0 Å². The fourth-order valence-corrected chi connectivity index (χ4v) is 2.81. The van der Waals surface area contributed by atoms with Gasteiger partial charge in [-0.25, -0.2) is 4.39 Å². The summed E-state index contributed by atoms with van der Waals surface area (Å²) < 4.78 is 14.8. The van der Waals surface area contributed by atoms with E-state index in [9.17, 15) is 4.39 Å². The topological polar surface area (TPSA) is 26.0 Å². The van der Waals surface area contributed by atoms with Gasteiger partial charge in [-0.05, 0) is 31.4 Å². The molecule has 0 amide bonds. The number of nitrogens with two attached hydrogens (primary N) is 1. The van der Waals surface area contributed by atoms with Gasteiger partial charge < -0.3 is 5.73 Å². The van der Waals surface area contributed by atoms with Crippen LogP contribution < -0.4 is 5.73 Å². The highest BCUT2D eigenvalue weighted by Crippen LogP contribution is 2.37. The molecule has 1 aromatic carbocycles. The van der Waals surface area contributed by atoms with Gasteiger partial charge in [0.25, 0.3) is 0 Å². The summed E-state index contributed by atoms with van der Waals surface area (Å²) in [5, 5.41) is 0. The van der Waals surface area contributed by atoms with E-state index < -0.39 is 5.54 Å². The van der Waals surface area contributed by atoms with E-state index in [1.165, 1.54) is 12.5 Å². The Balaban J connectivity index is 2.42. The average Bonchev–Trinajstić information content (AvgIpc) is 2.24. The maximum atomic E-state index is 14.0. The monoisotopic (exact) mass is 285 g/mol. The van der Waals surface area contributed by atoms with Gasteiger partial charge in [0.05, 0.1) is 0 Å². The third-order valence-corrected chi connectivity index (χ3v) is 4.38. The van der Waals surface area contributed by atoms with Crippen LogP contribution in [0.1, 0.15) is 43.2 Å². The Morgan fingerprint density at radius 2 is 1.88 bits per heavy atom. The van der Waals surface area contributed by atoms with Crippen molar-refractivity contribution in [3.63, 3.8) is 0 Å². The number of benzene rings is 1. The van der Waals surface area contributed by atoms with E-state index in [0.29, 0.717) is 5.56 Å². The number of hydrogen-bond acceptors (Lipinski definition) is 1. The van der Waals surface area contributed by atoms with E-state index in [0.717, 1.165) is 35.7 Å². The van der Waals surface area contributed by atoms with Gasteiger partial charge in [0.1, 0.15) is 5.82 Å². The quantitative estimate of drug-likeness (QED) is 0.829. The van der Waals surface area contributed by atoms with E-state index in [1.807, 2.05) is 13.0 Å². The lowest BCUT2D eigenvalue weighted by molar-refractivity contribution is 0.293. The van der Waals surface area contributed by atoms with Gasteiger partial charge in [-0.3, -0.25) is 0 Å². The predicted octanol–water partition coefficient (Wildman–Crippen LogP) is 4.01. The molecule has 1 aliphatic carbocycles. The molecule has 0 saturated heterocycles. The highest BCUT2D eigenvalue weighted by atomic mass is 79.9. The lowest BCUT2D eigenvalue weighted by Gasteiger charge is -2.34. The number of aryl methyl sites for hydroxylation is 1. The van der Waals surface area contributed by atoms with Gasteiger partial charge in [-0.2, -0.15) is 0 Å². The first-order valence-corrected chi connectivity index (χ1v) is 6.57. The van der Waals surface area contributed by atoms with Crippen LogP contribution in [0.15, 0.2) is 16.6 Å². The van der Waals surface area contributed by atoms with Gasteiger partial charge in [0, 0.05) is 15.6 Å². The molecule has 0 radical (unpaired) electrons. The molecule has 0 unspecified atom stereocenters. The third kappa shape index (κ3) is 2.16. The van der Waals surface area contributed by atoms with Crippen LogP contribution in [0, 0.1) is 12.7 Å². The SMILES string of the molecule is Cc1cc(C2(N)CCCCC2)c(F)cc1Br. The van der Waals surface area contributed by atoms with Crippen molar-refractivity contribution in [3.8, 4) is 0 Å². The second-order valence-electron chi connectivity index (χ2n) is 4.80. The smallest absolute Gasteiger partial charge is 0.129 e. The molecular weight excluding hydrogens is 269 g/mol. The highest BCUT2D eigenvalue weighted by Gasteiger charge is 2.32. The van der Waals surface area contributed by atoms with Crippen molar-refractivity contribution in [2.24, 2.45) is 5.73 Å². The summed E-state index contributed by atoms with van der Waals surface area (Å²) in [4.78, 5) is 0. The maximum Gasteiger partial charge on any atom is 0.129 e. The van der Waals surface area contributed by atoms with Crippen molar-refractivity contribution in [1.29, 1.82) is 0 Å². The Morgan fingerprint density at radius 3 is 2.50 bits per heavy atom. The summed E-state index contributed by atoms with van der Waals surface area (Å²) in [5.74, 6) is -0.179. The minimum atomic E-state index is -0.451. The molecule has 0 atom stereocenters. The summed E-state index contributed by atoms with van der Waals surface area (Å²) in [5.41, 5.74) is 7.63. The molecule has 2 rings (SSSR count). The Kier molecular flexibility index (Phi) is 3.36. The molecular formula is C13H17BrFN. The van der Waals surface area contributed by atoms with Crippen LogP contribution in [-0.2, 0) is 5.54 Å². The first-order valence-electron chi connectivity index (χ1n) is 5.78. The number of hydrogen-bond donors (Lipinski definition) is 1. The van der Waals surface area contributed by atoms with E-state index in [1.54, 1.807) is 0 Å². The Bertz CT molecular complexity index is 397. The first kappa shape index (κ1) is 12.1. The average molecular weight is 286 g/mol. The Labute approximate surface area is 104 Å². The molecule has 88 valence electrons. The molecule has 16 heavy (non-hydrogen) atoms. The normalized spacial score (nSPS) is 19.8. The summed E-state index contributed by atoms with van der Waals surface area (Å²) in [6.07, 6.45) is 5.21. The molecule has 1 fully saturated rings. The Morgan fingerprint density at radius 1 is 1.25 bits per heavy atom. The highest BCUT2D eigenvalue weighted by molar-refractivity contribution is 9.10. The zero-order chi connectivity index (χ0) is 11.8. The molecule has 0 bridgehead atoms. The molecule has 1 aliphatic rings. The number of halogens is 2. The lowest BCUT2D eigenvalue weighted by Crippen LogP contribution is -2.39. The van der Waals surface area contributed by atoms with Gasteiger partial charge >= 0.3 is 0 Å². The summed E-state index contributed by atoms with van der Waals surface area (Å²) >= 11 is 3.34. The third-order valence-electron chi connectivity index (χ3n) is 3.53. The van der Waals surface area contributed by atoms with E-state index >= 15 is 0 Å². The number of rotatable bonds is 1. The summed E-state index contributed by atoms with van der Waals surface area (Å²) in [6.45, 7) is 1.97. The minimum absolute atomic E-state index is 0.179. The van der Waals surface area contributed by atoms with Gasteiger partial charge in [-0.1, -0.05) is 41.3 Å². The van der Waals surface area contributed by atoms with Crippen molar-refractivity contribution >= 4 is 15.9 Å².